The van der Waals surface area contributed by atoms with Crippen molar-refractivity contribution in [3.05, 3.63) is 57.6 Å². The van der Waals surface area contributed by atoms with Gasteiger partial charge in [0.2, 0.25) is 0 Å². The van der Waals surface area contributed by atoms with E-state index in [0.29, 0.717) is 18.7 Å². The Morgan fingerprint density at radius 3 is 2.88 bits per heavy atom. The first kappa shape index (κ1) is 16.8. The van der Waals surface area contributed by atoms with Crippen molar-refractivity contribution in [1.29, 1.82) is 0 Å². The van der Waals surface area contributed by atoms with Gasteiger partial charge in [0, 0.05) is 30.8 Å². The maximum atomic E-state index is 12.6. The molecule has 1 fully saturated rings. The summed E-state index contributed by atoms with van der Waals surface area (Å²) in [6.07, 6.45) is 2.41. The number of hydrogen-bond donors (Lipinski definition) is 1. The van der Waals surface area contributed by atoms with E-state index in [2.05, 4.69) is 26.2 Å². The van der Waals surface area contributed by atoms with E-state index in [4.69, 9.17) is 0 Å². The molecule has 1 N–H and O–H groups in total. The number of halogens is 1. The maximum absolute atomic E-state index is 12.6. The second-order valence-electron chi connectivity index (χ2n) is 6.36. The van der Waals surface area contributed by atoms with Gasteiger partial charge < -0.3 is 10.2 Å². The SMILES string of the molecule is Cn1c(=O)n([C@@H]2CCN(C(=O)Nc3ccccc3Br)C2)c2ncccc21. The van der Waals surface area contributed by atoms with Crippen molar-refractivity contribution in [3.8, 4) is 0 Å². The Labute approximate surface area is 158 Å². The number of imidazole rings is 1. The third-order valence-corrected chi connectivity index (χ3v) is 5.47. The van der Waals surface area contributed by atoms with Gasteiger partial charge in [0.25, 0.3) is 0 Å². The molecule has 3 heterocycles. The van der Waals surface area contributed by atoms with Crippen molar-refractivity contribution in [1.82, 2.24) is 19.0 Å². The summed E-state index contributed by atoms with van der Waals surface area (Å²) in [5, 5.41) is 2.91. The second-order valence-corrected chi connectivity index (χ2v) is 7.21. The number of nitrogens with one attached hydrogen (secondary N) is 1. The predicted molar refractivity (Wildman–Crippen MR) is 103 cm³/mol. The van der Waals surface area contributed by atoms with Gasteiger partial charge in [-0.2, -0.15) is 0 Å². The predicted octanol–water partition coefficient (Wildman–Crippen LogP) is 2.98. The van der Waals surface area contributed by atoms with Crippen LogP contribution in [0.2, 0.25) is 0 Å². The Morgan fingerprint density at radius 2 is 2.08 bits per heavy atom. The van der Waals surface area contributed by atoms with Gasteiger partial charge >= 0.3 is 11.7 Å². The molecule has 1 aliphatic heterocycles. The molecular formula is C18H18BrN5O2. The Bertz CT molecular complexity index is 1040. The number of amides is 2. The van der Waals surface area contributed by atoms with E-state index in [1.807, 2.05) is 36.4 Å². The quantitative estimate of drug-likeness (QED) is 0.698. The summed E-state index contributed by atoms with van der Waals surface area (Å²) in [7, 11) is 1.75. The number of aryl methyl sites for hydroxylation is 1. The monoisotopic (exact) mass is 415 g/mol. The standard InChI is InChI=1S/C18H18BrN5O2/c1-22-15-7-4-9-20-16(15)24(18(22)26)12-8-10-23(11-12)17(25)21-14-6-3-2-5-13(14)19/h2-7,9,12H,8,10-11H2,1H3,(H,21,25)/t12-/m1/s1. The fourth-order valence-electron chi connectivity index (χ4n) is 3.41. The van der Waals surface area contributed by atoms with Gasteiger partial charge in [0.1, 0.15) is 0 Å². The Balaban J connectivity index is 1.56. The smallest absolute Gasteiger partial charge is 0.322 e. The van der Waals surface area contributed by atoms with Gasteiger partial charge in [-0.3, -0.25) is 9.13 Å². The summed E-state index contributed by atoms with van der Waals surface area (Å²) < 4.78 is 4.14. The van der Waals surface area contributed by atoms with Gasteiger partial charge in [-0.15, -0.1) is 0 Å². The van der Waals surface area contributed by atoms with E-state index in [-0.39, 0.29) is 17.8 Å². The van der Waals surface area contributed by atoms with Gasteiger partial charge in [0.05, 0.1) is 17.2 Å². The van der Waals surface area contributed by atoms with Crippen LogP contribution in [0.3, 0.4) is 0 Å². The molecule has 8 heteroatoms. The molecule has 134 valence electrons. The van der Waals surface area contributed by atoms with Crippen LogP contribution in [-0.2, 0) is 7.05 Å². The number of likely N-dealkylation sites (tertiary alicyclic amines) is 1. The lowest BCUT2D eigenvalue weighted by Crippen LogP contribution is -2.34. The summed E-state index contributed by atoms with van der Waals surface area (Å²) in [5.74, 6) is 0. The van der Waals surface area contributed by atoms with Crippen LogP contribution in [0.1, 0.15) is 12.5 Å². The second kappa shape index (κ2) is 6.60. The lowest BCUT2D eigenvalue weighted by Gasteiger charge is -2.18. The number of carbonyl (C=O) groups excluding carboxylic acids is 1. The molecular weight excluding hydrogens is 398 g/mol. The van der Waals surface area contributed by atoms with Crippen LogP contribution in [0.5, 0.6) is 0 Å². The highest BCUT2D eigenvalue weighted by molar-refractivity contribution is 9.10. The van der Waals surface area contributed by atoms with Gasteiger partial charge in [-0.1, -0.05) is 12.1 Å². The average molecular weight is 416 g/mol. The number of benzene rings is 1. The number of fused-ring (bicyclic) bond motifs is 1. The Kier molecular flexibility index (Phi) is 4.28. The van der Waals surface area contributed by atoms with Crippen LogP contribution in [0.25, 0.3) is 11.2 Å². The van der Waals surface area contributed by atoms with Gasteiger partial charge in [-0.25, -0.2) is 14.6 Å². The highest BCUT2D eigenvalue weighted by atomic mass is 79.9. The van der Waals surface area contributed by atoms with Crippen LogP contribution in [0, 0.1) is 0 Å². The van der Waals surface area contributed by atoms with E-state index < -0.39 is 0 Å². The first-order valence-corrected chi connectivity index (χ1v) is 9.18. The number of anilines is 1. The number of nitrogens with zero attached hydrogens (tertiary/aromatic N) is 4. The van der Waals surface area contributed by atoms with Crippen LogP contribution in [-0.4, -0.2) is 38.1 Å². The zero-order valence-electron chi connectivity index (χ0n) is 14.2. The lowest BCUT2D eigenvalue weighted by atomic mass is 10.2. The minimum atomic E-state index is -0.166. The van der Waals surface area contributed by atoms with Gasteiger partial charge in [-0.05, 0) is 46.6 Å². The minimum Gasteiger partial charge on any atom is -0.322 e. The van der Waals surface area contributed by atoms with Crippen molar-refractivity contribution in [2.24, 2.45) is 7.05 Å². The first-order chi connectivity index (χ1) is 12.6. The Hall–Kier alpha value is -2.61. The van der Waals surface area contributed by atoms with E-state index in [1.165, 1.54) is 0 Å². The zero-order valence-corrected chi connectivity index (χ0v) is 15.8. The summed E-state index contributed by atoms with van der Waals surface area (Å²) in [5.41, 5.74) is 2.09. The van der Waals surface area contributed by atoms with Crippen molar-refractivity contribution < 1.29 is 4.79 Å². The van der Waals surface area contributed by atoms with E-state index >= 15 is 0 Å². The largest absolute Gasteiger partial charge is 0.330 e. The molecule has 0 radical (unpaired) electrons. The average Bonchev–Trinajstić information content (AvgIpc) is 3.21. The molecule has 0 aliphatic carbocycles. The molecule has 2 amide bonds. The summed E-state index contributed by atoms with van der Waals surface area (Å²) >= 11 is 3.43. The highest BCUT2D eigenvalue weighted by Crippen LogP contribution is 2.26. The van der Waals surface area contributed by atoms with Gasteiger partial charge in [0.15, 0.2) is 5.65 Å². The van der Waals surface area contributed by atoms with E-state index in [9.17, 15) is 9.59 Å². The fourth-order valence-corrected chi connectivity index (χ4v) is 3.80. The molecule has 0 spiro atoms. The van der Waals surface area contributed by atoms with Crippen LogP contribution < -0.4 is 11.0 Å². The molecule has 3 aromatic rings. The molecule has 1 aromatic carbocycles. The number of hydrogen-bond acceptors (Lipinski definition) is 3. The molecule has 1 saturated heterocycles. The Morgan fingerprint density at radius 1 is 1.27 bits per heavy atom. The summed E-state index contributed by atoms with van der Waals surface area (Å²) in [4.78, 5) is 31.3. The minimum absolute atomic E-state index is 0.0777. The first-order valence-electron chi connectivity index (χ1n) is 8.38. The molecule has 2 aromatic heterocycles. The molecule has 0 saturated carbocycles. The molecule has 1 aliphatic rings. The van der Waals surface area contributed by atoms with Crippen LogP contribution >= 0.6 is 15.9 Å². The highest BCUT2D eigenvalue weighted by Gasteiger charge is 2.30. The molecule has 0 bridgehead atoms. The lowest BCUT2D eigenvalue weighted by molar-refractivity contribution is 0.221. The maximum Gasteiger partial charge on any atom is 0.330 e. The molecule has 0 unspecified atom stereocenters. The van der Waals surface area contributed by atoms with Crippen molar-refractivity contribution >= 4 is 38.8 Å². The number of carbonyl (C=O) groups is 1. The number of urea groups is 1. The topological polar surface area (TPSA) is 72.2 Å². The van der Waals surface area contributed by atoms with Crippen molar-refractivity contribution in [2.75, 3.05) is 18.4 Å². The third-order valence-electron chi connectivity index (χ3n) is 4.78. The fraction of sp³-hybridized carbons (Fsp3) is 0.278. The van der Waals surface area contributed by atoms with E-state index in [0.717, 1.165) is 22.1 Å². The number of rotatable bonds is 2. The number of para-hydroxylation sites is 1. The zero-order chi connectivity index (χ0) is 18.3. The number of aromatic nitrogens is 3. The number of pyridine rings is 1. The van der Waals surface area contributed by atoms with E-state index in [1.54, 1.807) is 27.3 Å². The summed E-state index contributed by atoms with van der Waals surface area (Å²) in [6.45, 7) is 1.07. The van der Waals surface area contributed by atoms with Crippen molar-refractivity contribution in [3.63, 3.8) is 0 Å². The summed E-state index contributed by atoms with van der Waals surface area (Å²) in [6, 6.07) is 10.9. The van der Waals surface area contributed by atoms with Crippen LogP contribution in [0.4, 0.5) is 10.5 Å². The third kappa shape index (κ3) is 2.80. The molecule has 26 heavy (non-hydrogen) atoms. The molecule has 4 rings (SSSR count). The molecule has 7 nitrogen and oxygen atoms in total. The molecule has 1 atom stereocenters. The normalized spacial score (nSPS) is 17.0. The van der Waals surface area contributed by atoms with Crippen LogP contribution in [0.15, 0.2) is 51.9 Å². The van der Waals surface area contributed by atoms with Crippen molar-refractivity contribution in [2.45, 2.75) is 12.5 Å².